The summed E-state index contributed by atoms with van der Waals surface area (Å²) in [4.78, 5) is 14.4. The normalized spacial score (nSPS) is 20.0. The van der Waals surface area contributed by atoms with Gasteiger partial charge in [0, 0.05) is 38.4 Å². The average molecular weight is 409 g/mol. The van der Waals surface area contributed by atoms with Crippen molar-refractivity contribution in [3.8, 4) is 0 Å². The number of nitrogens with zero attached hydrogens (tertiary/aromatic N) is 5. The van der Waals surface area contributed by atoms with Crippen molar-refractivity contribution >= 4 is 23.2 Å². The molecule has 1 saturated heterocycles. The van der Waals surface area contributed by atoms with E-state index in [-0.39, 0.29) is 30.6 Å². The molecule has 8 nitrogen and oxygen atoms in total. The highest BCUT2D eigenvalue weighted by molar-refractivity contribution is 6.30. The summed E-state index contributed by atoms with van der Waals surface area (Å²) < 4.78 is 9.04. The van der Waals surface area contributed by atoms with Crippen LogP contribution in [0.15, 0.2) is 12.4 Å². The molecule has 0 spiro atoms. The molecule has 154 valence electrons. The van der Waals surface area contributed by atoms with Crippen molar-refractivity contribution < 1.29 is 9.53 Å². The molecule has 2 atom stereocenters. The first-order valence-electron chi connectivity index (χ1n) is 9.65. The van der Waals surface area contributed by atoms with Crippen LogP contribution in [0.25, 0.3) is 0 Å². The number of ether oxygens (including phenoxy) is 1. The third-order valence-electron chi connectivity index (χ3n) is 4.82. The zero-order valence-corrected chi connectivity index (χ0v) is 17.9. The predicted molar refractivity (Wildman–Crippen MR) is 108 cm³/mol. The number of hydrogen-bond acceptors (Lipinski definition) is 5. The van der Waals surface area contributed by atoms with Crippen LogP contribution < -0.4 is 5.32 Å². The minimum absolute atomic E-state index is 0.0500. The van der Waals surface area contributed by atoms with Gasteiger partial charge in [0.2, 0.25) is 5.91 Å². The Kier molecular flexibility index (Phi) is 6.30. The van der Waals surface area contributed by atoms with E-state index in [1.807, 2.05) is 32.0 Å². The molecular formula is C19H29ClN6O2. The summed E-state index contributed by atoms with van der Waals surface area (Å²) >= 11 is 6.39. The molecule has 2 aromatic rings. The van der Waals surface area contributed by atoms with Gasteiger partial charge >= 0.3 is 0 Å². The lowest BCUT2D eigenvalue weighted by molar-refractivity contribution is -0.144. The number of hydrogen-bond donors (Lipinski definition) is 1. The van der Waals surface area contributed by atoms with Gasteiger partial charge in [0.1, 0.15) is 11.7 Å². The van der Waals surface area contributed by atoms with E-state index >= 15 is 0 Å². The van der Waals surface area contributed by atoms with Crippen LogP contribution in [0, 0.1) is 0 Å². The number of aryl methyl sites for hydroxylation is 1. The first-order chi connectivity index (χ1) is 13.2. The van der Waals surface area contributed by atoms with Gasteiger partial charge in [-0.25, -0.2) is 0 Å². The SMILES string of the molecule is CC1CN(C(=O)Cn2cc(NCc3c(C(C)C)nn(C)c3Cl)cn2)CC(C)O1. The Morgan fingerprint density at radius 1 is 1.36 bits per heavy atom. The lowest BCUT2D eigenvalue weighted by Gasteiger charge is -2.35. The van der Waals surface area contributed by atoms with E-state index in [9.17, 15) is 4.79 Å². The summed E-state index contributed by atoms with van der Waals surface area (Å²) in [5.41, 5.74) is 2.81. The third-order valence-corrected chi connectivity index (χ3v) is 5.29. The van der Waals surface area contributed by atoms with Gasteiger partial charge in [0.15, 0.2) is 0 Å². The van der Waals surface area contributed by atoms with Crippen molar-refractivity contribution in [2.45, 2.75) is 58.9 Å². The van der Waals surface area contributed by atoms with Crippen LogP contribution in [0.3, 0.4) is 0 Å². The summed E-state index contributed by atoms with van der Waals surface area (Å²) in [5.74, 6) is 0.336. The van der Waals surface area contributed by atoms with Crippen LogP contribution in [0.5, 0.6) is 0 Å². The second-order valence-electron chi connectivity index (χ2n) is 7.77. The van der Waals surface area contributed by atoms with Crippen LogP contribution in [0.2, 0.25) is 5.15 Å². The highest BCUT2D eigenvalue weighted by Crippen LogP contribution is 2.26. The van der Waals surface area contributed by atoms with Crippen molar-refractivity contribution in [2.75, 3.05) is 18.4 Å². The summed E-state index contributed by atoms with van der Waals surface area (Å²) in [6.07, 6.45) is 3.67. The lowest BCUT2D eigenvalue weighted by atomic mass is 10.1. The fourth-order valence-electron chi connectivity index (χ4n) is 3.55. The number of amides is 1. The average Bonchev–Trinajstić information content (AvgIpc) is 3.17. The van der Waals surface area contributed by atoms with Crippen molar-refractivity contribution in [1.82, 2.24) is 24.5 Å². The number of nitrogens with one attached hydrogen (secondary N) is 1. The Balaban J connectivity index is 1.60. The van der Waals surface area contributed by atoms with Crippen LogP contribution in [0.4, 0.5) is 5.69 Å². The molecule has 1 N–H and O–H groups in total. The summed E-state index contributed by atoms with van der Waals surface area (Å²) in [6.45, 7) is 10.2. The van der Waals surface area contributed by atoms with E-state index in [1.165, 1.54) is 0 Å². The zero-order valence-electron chi connectivity index (χ0n) is 17.1. The van der Waals surface area contributed by atoms with Crippen molar-refractivity contribution in [1.29, 1.82) is 0 Å². The number of halogens is 1. The van der Waals surface area contributed by atoms with E-state index in [2.05, 4.69) is 29.4 Å². The third kappa shape index (κ3) is 4.67. The highest BCUT2D eigenvalue weighted by atomic mass is 35.5. The van der Waals surface area contributed by atoms with E-state index < -0.39 is 0 Å². The molecule has 3 heterocycles. The van der Waals surface area contributed by atoms with Crippen molar-refractivity contribution in [3.05, 3.63) is 28.8 Å². The fraction of sp³-hybridized carbons (Fsp3) is 0.632. The van der Waals surface area contributed by atoms with Gasteiger partial charge in [0.05, 0.1) is 29.8 Å². The Hall–Kier alpha value is -2.06. The second kappa shape index (κ2) is 8.53. The maximum absolute atomic E-state index is 12.6. The molecule has 0 saturated carbocycles. The van der Waals surface area contributed by atoms with Gasteiger partial charge in [-0.3, -0.25) is 14.2 Å². The van der Waals surface area contributed by atoms with Gasteiger partial charge in [-0.1, -0.05) is 25.4 Å². The molecule has 2 unspecified atom stereocenters. The maximum Gasteiger partial charge on any atom is 0.244 e. The Morgan fingerprint density at radius 2 is 2.04 bits per heavy atom. The molecule has 0 radical (unpaired) electrons. The van der Waals surface area contributed by atoms with Crippen LogP contribution >= 0.6 is 11.6 Å². The smallest absolute Gasteiger partial charge is 0.244 e. The summed E-state index contributed by atoms with van der Waals surface area (Å²) in [7, 11) is 1.84. The zero-order chi connectivity index (χ0) is 20.4. The largest absolute Gasteiger partial charge is 0.378 e. The Labute approximate surface area is 170 Å². The van der Waals surface area contributed by atoms with E-state index in [1.54, 1.807) is 15.6 Å². The van der Waals surface area contributed by atoms with Crippen LogP contribution in [0.1, 0.15) is 44.9 Å². The summed E-state index contributed by atoms with van der Waals surface area (Å²) in [6, 6.07) is 0. The molecule has 1 aliphatic heterocycles. The molecule has 28 heavy (non-hydrogen) atoms. The number of anilines is 1. The molecular weight excluding hydrogens is 380 g/mol. The number of carbonyl (C=O) groups is 1. The molecule has 0 aromatic carbocycles. The first-order valence-corrected chi connectivity index (χ1v) is 10.0. The van der Waals surface area contributed by atoms with Gasteiger partial charge in [-0.15, -0.1) is 0 Å². The van der Waals surface area contributed by atoms with Gasteiger partial charge < -0.3 is 15.0 Å². The monoisotopic (exact) mass is 408 g/mol. The second-order valence-corrected chi connectivity index (χ2v) is 8.13. The van der Waals surface area contributed by atoms with Gasteiger partial charge in [-0.2, -0.15) is 10.2 Å². The molecule has 0 bridgehead atoms. The molecule has 1 aliphatic rings. The minimum Gasteiger partial charge on any atom is -0.378 e. The standard InChI is InChI=1S/C19H29ClN6O2/c1-12(2)18-16(19(20)24(5)23-18)7-21-15-6-22-26(10-15)11-17(27)25-8-13(3)28-14(4)9-25/h6,10,12-14,21H,7-9,11H2,1-5H3. The number of aromatic nitrogens is 4. The van der Waals surface area contributed by atoms with Gasteiger partial charge in [0.25, 0.3) is 0 Å². The number of rotatable bonds is 6. The van der Waals surface area contributed by atoms with Crippen LogP contribution in [-0.4, -0.2) is 55.7 Å². The minimum atomic E-state index is 0.0500. The lowest BCUT2D eigenvalue weighted by Crippen LogP contribution is -2.49. The van der Waals surface area contributed by atoms with E-state index in [0.717, 1.165) is 16.9 Å². The predicted octanol–water partition coefficient (Wildman–Crippen LogP) is 2.64. The van der Waals surface area contributed by atoms with Crippen molar-refractivity contribution in [2.24, 2.45) is 7.05 Å². The quantitative estimate of drug-likeness (QED) is 0.795. The highest BCUT2D eigenvalue weighted by Gasteiger charge is 2.26. The Morgan fingerprint density at radius 3 is 2.68 bits per heavy atom. The molecule has 3 rings (SSSR count). The first kappa shape index (κ1) is 20.7. The maximum atomic E-state index is 12.6. The summed E-state index contributed by atoms with van der Waals surface area (Å²) in [5, 5.41) is 12.8. The topological polar surface area (TPSA) is 77.2 Å². The molecule has 1 amide bonds. The van der Waals surface area contributed by atoms with Crippen LogP contribution in [-0.2, 0) is 29.7 Å². The number of morpholine rings is 1. The van der Waals surface area contributed by atoms with E-state index in [4.69, 9.17) is 16.3 Å². The van der Waals surface area contributed by atoms with Crippen molar-refractivity contribution in [3.63, 3.8) is 0 Å². The molecule has 0 aliphatic carbocycles. The van der Waals surface area contributed by atoms with E-state index in [0.29, 0.717) is 24.8 Å². The molecule has 1 fully saturated rings. The van der Waals surface area contributed by atoms with Gasteiger partial charge in [-0.05, 0) is 19.8 Å². The Bertz CT molecular complexity index is 821. The molecule has 2 aromatic heterocycles. The molecule has 9 heteroatoms. The number of carbonyl (C=O) groups excluding carboxylic acids is 1. The fourth-order valence-corrected chi connectivity index (χ4v) is 3.75.